The third-order valence-electron chi connectivity index (χ3n) is 2.84. The van der Waals surface area contributed by atoms with Gasteiger partial charge in [0.15, 0.2) is 0 Å². The van der Waals surface area contributed by atoms with Gasteiger partial charge in [-0.25, -0.2) is 0 Å². The van der Waals surface area contributed by atoms with Gasteiger partial charge in [-0.3, -0.25) is 0 Å². The zero-order chi connectivity index (χ0) is 13.0. The quantitative estimate of drug-likeness (QED) is 0.875. The average Bonchev–Trinajstić information content (AvgIpc) is 2.85. The lowest BCUT2D eigenvalue weighted by Gasteiger charge is -2.17. The molecule has 0 saturated carbocycles. The van der Waals surface area contributed by atoms with E-state index in [-0.39, 0.29) is 6.04 Å². The zero-order valence-corrected chi connectivity index (χ0v) is 11.6. The molecule has 18 heavy (non-hydrogen) atoms. The molecule has 1 aromatic heterocycles. The molecule has 0 aliphatic heterocycles. The van der Waals surface area contributed by atoms with E-state index >= 15 is 0 Å². The Labute approximate surface area is 117 Å². The molecule has 1 aromatic carbocycles. The van der Waals surface area contributed by atoms with Crippen molar-refractivity contribution in [1.82, 2.24) is 5.32 Å². The SMILES string of the molecule is CCNC(Cc1ccc(Cl)cc1Cl)c1ccoc1. The molecule has 0 aliphatic rings. The number of rotatable bonds is 5. The van der Waals surface area contributed by atoms with E-state index in [1.54, 1.807) is 18.6 Å². The largest absolute Gasteiger partial charge is 0.472 e. The van der Waals surface area contributed by atoms with Gasteiger partial charge in [0.05, 0.1) is 12.5 Å². The fourth-order valence-corrected chi connectivity index (χ4v) is 2.42. The van der Waals surface area contributed by atoms with Gasteiger partial charge in [-0.15, -0.1) is 0 Å². The summed E-state index contributed by atoms with van der Waals surface area (Å²) in [6.07, 6.45) is 4.25. The van der Waals surface area contributed by atoms with Gasteiger partial charge in [0.1, 0.15) is 0 Å². The highest BCUT2D eigenvalue weighted by atomic mass is 35.5. The summed E-state index contributed by atoms with van der Waals surface area (Å²) in [5.41, 5.74) is 2.20. The van der Waals surface area contributed by atoms with Crippen molar-refractivity contribution < 1.29 is 4.42 Å². The van der Waals surface area contributed by atoms with E-state index in [0.29, 0.717) is 10.0 Å². The summed E-state index contributed by atoms with van der Waals surface area (Å²) in [6.45, 7) is 2.97. The Hall–Kier alpha value is -0.960. The maximum atomic E-state index is 6.20. The van der Waals surface area contributed by atoms with Gasteiger partial charge in [-0.1, -0.05) is 36.2 Å². The van der Waals surface area contributed by atoms with Crippen molar-refractivity contribution in [3.8, 4) is 0 Å². The van der Waals surface area contributed by atoms with Crippen LogP contribution in [0.4, 0.5) is 0 Å². The third kappa shape index (κ3) is 3.29. The first kappa shape index (κ1) is 13.5. The molecule has 0 amide bonds. The maximum Gasteiger partial charge on any atom is 0.0950 e. The van der Waals surface area contributed by atoms with E-state index in [0.717, 1.165) is 24.1 Å². The van der Waals surface area contributed by atoms with E-state index in [2.05, 4.69) is 12.2 Å². The van der Waals surface area contributed by atoms with Gasteiger partial charge >= 0.3 is 0 Å². The highest BCUT2D eigenvalue weighted by Crippen LogP contribution is 2.26. The van der Waals surface area contributed by atoms with E-state index < -0.39 is 0 Å². The van der Waals surface area contributed by atoms with Gasteiger partial charge in [0.25, 0.3) is 0 Å². The summed E-state index contributed by atoms with van der Waals surface area (Å²) >= 11 is 12.1. The fourth-order valence-electron chi connectivity index (χ4n) is 1.93. The molecular weight excluding hydrogens is 269 g/mol. The molecule has 96 valence electrons. The van der Waals surface area contributed by atoms with Crippen LogP contribution in [0.15, 0.2) is 41.2 Å². The number of likely N-dealkylation sites (N-methyl/N-ethyl adjacent to an activating group) is 1. The molecular formula is C14H15Cl2NO. The topological polar surface area (TPSA) is 25.2 Å². The van der Waals surface area contributed by atoms with Crippen LogP contribution >= 0.6 is 23.2 Å². The molecule has 0 fully saturated rings. The van der Waals surface area contributed by atoms with Crippen molar-refractivity contribution in [2.45, 2.75) is 19.4 Å². The van der Waals surface area contributed by atoms with Crippen LogP contribution in [0, 0.1) is 0 Å². The Morgan fingerprint density at radius 3 is 2.72 bits per heavy atom. The van der Waals surface area contributed by atoms with Crippen LogP contribution in [-0.2, 0) is 6.42 Å². The van der Waals surface area contributed by atoms with E-state index in [1.807, 2.05) is 18.2 Å². The standard InChI is InChI=1S/C14H15Cl2NO/c1-2-17-14(11-5-6-18-9-11)7-10-3-4-12(15)8-13(10)16/h3-6,8-9,14,17H,2,7H2,1H3. The molecule has 1 atom stereocenters. The lowest BCUT2D eigenvalue weighted by molar-refractivity contribution is 0.525. The first-order valence-corrected chi connectivity index (χ1v) is 6.65. The van der Waals surface area contributed by atoms with Crippen LogP contribution in [0.2, 0.25) is 10.0 Å². The molecule has 1 heterocycles. The summed E-state index contributed by atoms with van der Waals surface area (Å²) in [7, 11) is 0. The molecule has 1 N–H and O–H groups in total. The predicted molar refractivity (Wildman–Crippen MR) is 75.3 cm³/mol. The Bertz CT molecular complexity index is 497. The summed E-state index contributed by atoms with van der Waals surface area (Å²) < 4.78 is 5.13. The first-order chi connectivity index (χ1) is 8.70. The second kappa shape index (κ2) is 6.28. The monoisotopic (exact) mass is 283 g/mol. The molecule has 1 unspecified atom stereocenters. The number of hydrogen-bond acceptors (Lipinski definition) is 2. The Morgan fingerprint density at radius 2 is 2.11 bits per heavy atom. The molecule has 2 rings (SSSR count). The molecule has 0 radical (unpaired) electrons. The average molecular weight is 284 g/mol. The van der Waals surface area contributed by atoms with Crippen molar-refractivity contribution in [2.75, 3.05) is 6.54 Å². The number of benzene rings is 1. The first-order valence-electron chi connectivity index (χ1n) is 5.90. The Balaban J connectivity index is 2.18. The minimum absolute atomic E-state index is 0.201. The van der Waals surface area contributed by atoms with Crippen LogP contribution < -0.4 is 5.32 Å². The lowest BCUT2D eigenvalue weighted by atomic mass is 10.0. The molecule has 0 aliphatic carbocycles. The molecule has 0 saturated heterocycles. The highest BCUT2D eigenvalue weighted by Gasteiger charge is 2.14. The summed E-state index contributed by atoms with van der Waals surface area (Å²) in [6, 6.07) is 7.77. The van der Waals surface area contributed by atoms with Crippen LogP contribution in [0.1, 0.15) is 24.1 Å². The Morgan fingerprint density at radius 1 is 1.28 bits per heavy atom. The minimum Gasteiger partial charge on any atom is -0.472 e. The van der Waals surface area contributed by atoms with Crippen molar-refractivity contribution in [3.05, 3.63) is 58.0 Å². The normalized spacial score (nSPS) is 12.6. The highest BCUT2D eigenvalue weighted by molar-refractivity contribution is 6.35. The van der Waals surface area contributed by atoms with Crippen LogP contribution in [0.25, 0.3) is 0 Å². The second-order valence-electron chi connectivity index (χ2n) is 4.11. The van der Waals surface area contributed by atoms with Crippen molar-refractivity contribution >= 4 is 23.2 Å². The van der Waals surface area contributed by atoms with E-state index in [4.69, 9.17) is 27.6 Å². The van der Waals surface area contributed by atoms with Gasteiger partial charge in [-0.05, 0) is 36.7 Å². The number of halogens is 2. The van der Waals surface area contributed by atoms with Crippen molar-refractivity contribution in [3.63, 3.8) is 0 Å². The number of hydrogen-bond donors (Lipinski definition) is 1. The molecule has 0 bridgehead atoms. The van der Waals surface area contributed by atoms with Crippen molar-refractivity contribution in [2.24, 2.45) is 0 Å². The van der Waals surface area contributed by atoms with Gasteiger partial charge in [-0.2, -0.15) is 0 Å². The summed E-state index contributed by atoms with van der Waals surface area (Å²) in [5.74, 6) is 0. The lowest BCUT2D eigenvalue weighted by Crippen LogP contribution is -2.22. The van der Waals surface area contributed by atoms with Crippen LogP contribution in [-0.4, -0.2) is 6.54 Å². The molecule has 2 aromatic rings. The van der Waals surface area contributed by atoms with Gasteiger partial charge in [0, 0.05) is 21.7 Å². The van der Waals surface area contributed by atoms with Crippen molar-refractivity contribution in [1.29, 1.82) is 0 Å². The fraction of sp³-hybridized carbons (Fsp3) is 0.286. The van der Waals surface area contributed by atoms with Gasteiger partial charge in [0.2, 0.25) is 0 Å². The predicted octanol–water partition coefficient (Wildman–Crippen LogP) is 4.48. The Kier molecular flexibility index (Phi) is 4.70. The zero-order valence-electron chi connectivity index (χ0n) is 10.1. The summed E-state index contributed by atoms with van der Waals surface area (Å²) in [5, 5.41) is 4.79. The molecule has 4 heteroatoms. The second-order valence-corrected chi connectivity index (χ2v) is 4.95. The smallest absolute Gasteiger partial charge is 0.0950 e. The maximum absolute atomic E-state index is 6.20. The number of furan rings is 1. The van der Waals surface area contributed by atoms with Gasteiger partial charge < -0.3 is 9.73 Å². The molecule has 0 spiro atoms. The van der Waals surface area contributed by atoms with E-state index in [1.165, 1.54) is 0 Å². The number of nitrogens with one attached hydrogen (secondary N) is 1. The van der Waals surface area contributed by atoms with E-state index in [9.17, 15) is 0 Å². The molecule has 2 nitrogen and oxygen atoms in total. The minimum atomic E-state index is 0.201. The third-order valence-corrected chi connectivity index (χ3v) is 3.42. The summed E-state index contributed by atoms with van der Waals surface area (Å²) in [4.78, 5) is 0. The van der Waals surface area contributed by atoms with Crippen LogP contribution in [0.5, 0.6) is 0 Å². The van der Waals surface area contributed by atoms with Crippen LogP contribution in [0.3, 0.4) is 0 Å².